The normalized spacial score (nSPS) is 13.1. The van der Waals surface area contributed by atoms with Gasteiger partial charge in [0.1, 0.15) is 5.66 Å². The molecular weight excluding hydrogens is 302 g/mol. The summed E-state index contributed by atoms with van der Waals surface area (Å²) in [5, 5.41) is 12.2. The highest BCUT2D eigenvalue weighted by molar-refractivity contribution is 6.18. The molecule has 0 spiro atoms. The van der Waals surface area contributed by atoms with Crippen molar-refractivity contribution in [3.8, 4) is 0 Å². The highest BCUT2D eigenvalue weighted by Crippen LogP contribution is 2.10. The van der Waals surface area contributed by atoms with Crippen molar-refractivity contribution in [2.75, 3.05) is 12.4 Å². The SMILES string of the molecule is CC(Cc1ccccc1)/N=N/C(C)(C)NC(=O)N(N)CCCl. The van der Waals surface area contributed by atoms with Crippen LogP contribution in [-0.2, 0) is 6.42 Å². The number of nitrogens with one attached hydrogen (secondary N) is 1. The molecule has 0 aromatic heterocycles. The summed E-state index contributed by atoms with van der Waals surface area (Å²) in [4.78, 5) is 11.8. The van der Waals surface area contributed by atoms with Crippen molar-refractivity contribution in [1.29, 1.82) is 0 Å². The van der Waals surface area contributed by atoms with Crippen LogP contribution in [0.1, 0.15) is 26.3 Å². The molecule has 0 aliphatic heterocycles. The zero-order valence-corrected chi connectivity index (χ0v) is 14.0. The Bertz CT molecular complexity index is 492. The minimum absolute atomic E-state index is 0.0235. The molecule has 6 nitrogen and oxygen atoms in total. The molecule has 0 heterocycles. The van der Waals surface area contributed by atoms with Gasteiger partial charge in [-0.15, -0.1) is 11.6 Å². The van der Waals surface area contributed by atoms with Crippen LogP contribution in [0, 0.1) is 0 Å². The molecule has 1 rings (SSSR count). The predicted octanol–water partition coefficient (Wildman–Crippen LogP) is 2.93. The number of carbonyl (C=O) groups excluding carboxylic acids is 1. The Hall–Kier alpha value is -1.66. The van der Waals surface area contributed by atoms with Gasteiger partial charge in [-0.1, -0.05) is 30.3 Å². The Labute approximate surface area is 136 Å². The van der Waals surface area contributed by atoms with Crippen LogP contribution < -0.4 is 11.2 Å². The summed E-state index contributed by atoms with van der Waals surface area (Å²) in [5.41, 5.74) is 0.373. The lowest BCUT2D eigenvalue weighted by atomic mass is 10.1. The number of benzene rings is 1. The molecule has 0 aliphatic rings. The fourth-order valence-corrected chi connectivity index (χ4v) is 1.97. The maximum Gasteiger partial charge on any atom is 0.333 e. The number of urea groups is 1. The summed E-state index contributed by atoms with van der Waals surface area (Å²) in [5.74, 6) is 5.84. The number of azo groups is 1. The maximum absolute atomic E-state index is 11.8. The fourth-order valence-electron chi connectivity index (χ4n) is 1.79. The Morgan fingerprint density at radius 2 is 2.05 bits per heavy atom. The number of halogens is 1. The van der Waals surface area contributed by atoms with Gasteiger partial charge in [-0.25, -0.2) is 10.6 Å². The van der Waals surface area contributed by atoms with E-state index in [2.05, 4.69) is 27.7 Å². The van der Waals surface area contributed by atoms with Crippen LogP contribution in [0.3, 0.4) is 0 Å². The number of hydrazine groups is 1. The first kappa shape index (κ1) is 18.4. The van der Waals surface area contributed by atoms with Crippen LogP contribution in [0.25, 0.3) is 0 Å². The zero-order chi connectivity index (χ0) is 16.6. The van der Waals surface area contributed by atoms with Crippen molar-refractivity contribution in [2.45, 2.75) is 38.9 Å². The summed E-state index contributed by atoms with van der Waals surface area (Å²) in [6.07, 6.45) is 0.795. The van der Waals surface area contributed by atoms with E-state index in [-0.39, 0.29) is 18.5 Å². The lowest BCUT2D eigenvalue weighted by molar-refractivity contribution is 0.190. The molecule has 1 aromatic carbocycles. The molecule has 1 aromatic rings. The van der Waals surface area contributed by atoms with E-state index in [0.717, 1.165) is 11.4 Å². The Morgan fingerprint density at radius 3 is 2.64 bits per heavy atom. The lowest BCUT2D eigenvalue weighted by Crippen LogP contribution is -2.52. The summed E-state index contributed by atoms with van der Waals surface area (Å²) in [6, 6.07) is 9.67. The van der Waals surface area contributed by atoms with E-state index < -0.39 is 11.7 Å². The van der Waals surface area contributed by atoms with E-state index in [1.54, 1.807) is 13.8 Å². The average molecular weight is 326 g/mol. The highest BCUT2D eigenvalue weighted by Gasteiger charge is 2.22. The van der Waals surface area contributed by atoms with E-state index in [0.29, 0.717) is 0 Å². The average Bonchev–Trinajstić information content (AvgIpc) is 2.46. The van der Waals surface area contributed by atoms with E-state index in [4.69, 9.17) is 17.4 Å². The van der Waals surface area contributed by atoms with Gasteiger partial charge in [0.2, 0.25) is 0 Å². The molecule has 3 N–H and O–H groups in total. The van der Waals surface area contributed by atoms with Gasteiger partial charge in [0, 0.05) is 5.88 Å². The monoisotopic (exact) mass is 325 g/mol. The Morgan fingerprint density at radius 1 is 1.41 bits per heavy atom. The molecule has 0 saturated heterocycles. The van der Waals surface area contributed by atoms with E-state index in [9.17, 15) is 4.79 Å². The number of nitrogens with two attached hydrogens (primary N) is 1. The molecular formula is C15H24ClN5O. The number of rotatable bonds is 7. The Kier molecular flexibility index (Phi) is 7.27. The van der Waals surface area contributed by atoms with Crippen LogP contribution in [0.2, 0.25) is 0 Å². The van der Waals surface area contributed by atoms with Gasteiger partial charge >= 0.3 is 6.03 Å². The van der Waals surface area contributed by atoms with Crippen molar-refractivity contribution < 1.29 is 4.79 Å². The number of carbonyl (C=O) groups is 1. The van der Waals surface area contributed by atoms with Crippen LogP contribution in [-0.4, -0.2) is 35.2 Å². The first-order valence-electron chi connectivity index (χ1n) is 7.20. The van der Waals surface area contributed by atoms with Crippen molar-refractivity contribution in [1.82, 2.24) is 10.3 Å². The summed E-state index contributed by atoms with van der Waals surface area (Å²) in [7, 11) is 0. The second-order valence-corrected chi connectivity index (χ2v) is 6.00. The first-order valence-corrected chi connectivity index (χ1v) is 7.74. The number of alkyl halides is 1. The van der Waals surface area contributed by atoms with Crippen molar-refractivity contribution in [2.24, 2.45) is 16.1 Å². The molecule has 0 fully saturated rings. The molecule has 22 heavy (non-hydrogen) atoms. The molecule has 1 unspecified atom stereocenters. The largest absolute Gasteiger partial charge is 0.333 e. The molecule has 0 radical (unpaired) electrons. The number of amides is 2. The molecule has 2 amide bonds. The van der Waals surface area contributed by atoms with Crippen LogP contribution in [0.4, 0.5) is 4.79 Å². The molecule has 0 aliphatic carbocycles. The third-order valence-electron chi connectivity index (χ3n) is 2.88. The lowest BCUT2D eigenvalue weighted by Gasteiger charge is -2.24. The van der Waals surface area contributed by atoms with Crippen molar-refractivity contribution >= 4 is 17.6 Å². The maximum atomic E-state index is 11.8. The summed E-state index contributed by atoms with van der Waals surface area (Å²) < 4.78 is 0. The molecule has 0 bridgehead atoms. The van der Waals surface area contributed by atoms with Gasteiger partial charge in [0.15, 0.2) is 0 Å². The van der Waals surface area contributed by atoms with Crippen LogP contribution in [0.5, 0.6) is 0 Å². The molecule has 7 heteroatoms. The summed E-state index contributed by atoms with van der Waals surface area (Å²) in [6.45, 7) is 5.78. The topological polar surface area (TPSA) is 83.1 Å². The zero-order valence-electron chi connectivity index (χ0n) is 13.3. The third kappa shape index (κ3) is 6.87. The predicted molar refractivity (Wildman–Crippen MR) is 88.7 cm³/mol. The molecule has 1 atom stereocenters. The second-order valence-electron chi connectivity index (χ2n) is 5.63. The smallest absolute Gasteiger partial charge is 0.311 e. The van der Waals surface area contributed by atoms with E-state index in [1.807, 2.05) is 25.1 Å². The molecule has 0 saturated carbocycles. The standard InChI is InChI=1S/C15H24ClN5O/c1-12(11-13-7-5-4-6-8-13)19-20-15(2,3)18-14(22)21(17)10-9-16/h4-8,12H,9-11,17H2,1-3H3,(H,18,22)/b20-19+. The fraction of sp³-hybridized carbons (Fsp3) is 0.533. The third-order valence-corrected chi connectivity index (χ3v) is 3.05. The van der Waals surface area contributed by atoms with Gasteiger partial charge in [-0.3, -0.25) is 5.01 Å². The van der Waals surface area contributed by atoms with Gasteiger partial charge in [0.25, 0.3) is 0 Å². The van der Waals surface area contributed by atoms with Gasteiger partial charge in [0.05, 0.1) is 12.6 Å². The van der Waals surface area contributed by atoms with Crippen molar-refractivity contribution in [3.63, 3.8) is 0 Å². The molecule has 122 valence electrons. The van der Waals surface area contributed by atoms with E-state index in [1.165, 1.54) is 5.56 Å². The quantitative estimate of drug-likeness (QED) is 0.265. The number of nitrogens with zero attached hydrogens (tertiary/aromatic N) is 3. The summed E-state index contributed by atoms with van der Waals surface area (Å²) >= 11 is 5.55. The van der Waals surface area contributed by atoms with Crippen molar-refractivity contribution in [3.05, 3.63) is 35.9 Å². The minimum atomic E-state index is -0.827. The van der Waals surface area contributed by atoms with Crippen LogP contribution in [0.15, 0.2) is 40.6 Å². The van der Waals surface area contributed by atoms with Crippen LogP contribution >= 0.6 is 11.6 Å². The second kappa shape index (κ2) is 8.70. The first-order chi connectivity index (χ1) is 10.3. The number of hydrogen-bond donors (Lipinski definition) is 2. The van der Waals surface area contributed by atoms with E-state index >= 15 is 0 Å². The van der Waals surface area contributed by atoms with Gasteiger partial charge in [-0.05, 0) is 32.8 Å². The van der Waals surface area contributed by atoms with Gasteiger partial charge < -0.3 is 5.32 Å². The highest BCUT2D eigenvalue weighted by atomic mass is 35.5. The number of hydrogen-bond acceptors (Lipinski definition) is 4. The Balaban J connectivity index is 2.53. The minimum Gasteiger partial charge on any atom is -0.311 e. The van der Waals surface area contributed by atoms with Gasteiger partial charge in [-0.2, -0.15) is 10.2 Å².